The molecular weight excluding hydrogens is 240 g/mol. The average molecular weight is 255 g/mol. The molecule has 0 saturated heterocycles. The van der Waals surface area contributed by atoms with Gasteiger partial charge in [-0.3, -0.25) is 4.79 Å². The Labute approximate surface area is 93.7 Å². The number of Topliss-reactive ketones (excluding diaryl/α,β-unsaturated/α-hetero) is 1. The minimum atomic E-state index is 0.223. The highest BCUT2D eigenvalue weighted by Gasteiger charge is 2.08. The number of carbonyl (C=O) groups excluding carboxylic acids is 1. The molecule has 76 valence electrons. The van der Waals surface area contributed by atoms with Crippen LogP contribution in [0.4, 0.5) is 0 Å². The van der Waals surface area contributed by atoms with Gasteiger partial charge in [-0.2, -0.15) is 0 Å². The fourth-order valence-electron chi connectivity index (χ4n) is 1.25. The van der Waals surface area contributed by atoms with E-state index in [-0.39, 0.29) is 5.78 Å². The second kappa shape index (κ2) is 4.74. The molecule has 0 N–H and O–H groups in total. The Balaban J connectivity index is 2.86. The van der Waals surface area contributed by atoms with Gasteiger partial charge in [-0.1, -0.05) is 41.9 Å². The van der Waals surface area contributed by atoms with Crippen LogP contribution in [0.1, 0.15) is 36.2 Å². The lowest BCUT2D eigenvalue weighted by atomic mass is 10.0. The van der Waals surface area contributed by atoms with Crippen molar-refractivity contribution in [1.29, 1.82) is 0 Å². The van der Waals surface area contributed by atoms with Crippen LogP contribution in [0.3, 0.4) is 0 Å². The predicted molar refractivity (Wildman–Crippen MR) is 62.7 cm³/mol. The van der Waals surface area contributed by atoms with Crippen molar-refractivity contribution in [1.82, 2.24) is 0 Å². The zero-order valence-electron chi connectivity index (χ0n) is 8.80. The van der Waals surface area contributed by atoms with Gasteiger partial charge in [0.15, 0.2) is 5.78 Å². The van der Waals surface area contributed by atoms with Gasteiger partial charge in [-0.25, -0.2) is 0 Å². The van der Waals surface area contributed by atoms with Crippen molar-refractivity contribution in [2.75, 3.05) is 0 Å². The van der Waals surface area contributed by atoms with E-state index in [4.69, 9.17) is 0 Å². The van der Waals surface area contributed by atoms with Crippen LogP contribution < -0.4 is 0 Å². The molecule has 0 amide bonds. The summed E-state index contributed by atoms with van der Waals surface area (Å²) in [6, 6.07) is 5.77. The third kappa shape index (κ3) is 2.95. The molecule has 1 aromatic rings. The number of hydrogen-bond donors (Lipinski definition) is 0. The fourth-order valence-corrected chi connectivity index (χ4v) is 1.63. The van der Waals surface area contributed by atoms with Crippen molar-refractivity contribution in [3.05, 3.63) is 33.8 Å². The number of hydrogen-bond acceptors (Lipinski definition) is 1. The standard InChI is InChI=1S/C12H15BrO/c1-8(2)6-12(14)10-5-4-9(3)11(13)7-10/h4-5,7-8H,6H2,1-3H3. The summed E-state index contributed by atoms with van der Waals surface area (Å²) < 4.78 is 1.01. The SMILES string of the molecule is Cc1ccc(C(=O)CC(C)C)cc1Br. The van der Waals surface area contributed by atoms with E-state index in [2.05, 4.69) is 29.8 Å². The molecule has 1 rings (SSSR count). The molecule has 0 heterocycles. The van der Waals surface area contributed by atoms with E-state index in [0.717, 1.165) is 15.6 Å². The van der Waals surface area contributed by atoms with E-state index in [1.807, 2.05) is 25.1 Å². The second-order valence-electron chi connectivity index (χ2n) is 3.99. The predicted octanol–water partition coefficient (Wildman–Crippen LogP) is 3.99. The zero-order valence-corrected chi connectivity index (χ0v) is 10.4. The first kappa shape index (κ1) is 11.4. The van der Waals surface area contributed by atoms with Crippen molar-refractivity contribution in [2.24, 2.45) is 5.92 Å². The Kier molecular flexibility index (Phi) is 3.87. The lowest BCUT2D eigenvalue weighted by molar-refractivity contribution is 0.0968. The molecule has 0 unspecified atom stereocenters. The van der Waals surface area contributed by atoms with Crippen LogP contribution in [-0.4, -0.2) is 5.78 Å². The average Bonchev–Trinajstić information content (AvgIpc) is 2.08. The zero-order chi connectivity index (χ0) is 10.7. The molecule has 0 saturated carbocycles. The van der Waals surface area contributed by atoms with Gasteiger partial charge in [0.25, 0.3) is 0 Å². The maximum Gasteiger partial charge on any atom is 0.163 e. The van der Waals surface area contributed by atoms with Gasteiger partial charge in [-0.05, 0) is 24.5 Å². The van der Waals surface area contributed by atoms with Gasteiger partial charge < -0.3 is 0 Å². The molecule has 0 spiro atoms. The molecule has 0 aliphatic heterocycles. The molecule has 0 atom stereocenters. The Morgan fingerprint density at radius 2 is 2.07 bits per heavy atom. The smallest absolute Gasteiger partial charge is 0.163 e. The van der Waals surface area contributed by atoms with Crippen molar-refractivity contribution < 1.29 is 4.79 Å². The molecule has 1 aromatic carbocycles. The van der Waals surface area contributed by atoms with Crippen LogP contribution in [0.2, 0.25) is 0 Å². The number of aryl methyl sites for hydroxylation is 1. The maximum absolute atomic E-state index is 11.7. The third-order valence-electron chi connectivity index (χ3n) is 2.09. The number of rotatable bonds is 3. The molecule has 2 heteroatoms. The summed E-state index contributed by atoms with van der Waals surface area (Å²) in [5, 5.41) is 0. The van der Waals surface area contributed by atoms with Gasteiger partial charge in [0.1, 0.15) is 0 Å². The Bertz CT molecular complexity index is 342. The normalized spacial score (nSPS) is 10.6. The largest absolute Gasteiger partial charge is 0.294 e. The molecule has 0 radical (unpaired) electrons. The third-order valence-corrected chi connectivity index (χ3v) is 2.94. The fraction of sp³-hybridized carbons (Fsp3) is 0.417. The topological polar surface area (TPSA) is 17.1 Å². The summed E-state index contributed by atoms with van der Waals surface area (Å²) in [5.41, 5.74) is 1.96. The first-order valence-electron chi connectivity index (χ1n) is 4.80. The summed E-state index contributed by atoms with van der Waals surface area (Å²) in [6.45, 7) is 6.13. The van der Waals surface area contributed by atoms with E-state index in [1.54, 1.807) is 0 Å². The van der Waals surface area contributed by atoms with E-state index in [1.165, 1.54) is 0 Å². The number of carbonyl (C=O) groups is 1. The molecule has 14 heavy (non-hydrogen) atoms. The number of ketones is 1. The molecule has 0 bridgehead atoms. The molecule has 0 aromatic heterocycles. The monoisotopic (exact) mass is 254 g/mol. The second-order valence-corrected chi connectivity index (χ2v) is 4.84. The lowest BCUT2D eigenvalue weighted by Gasteiger charge is -2.05. The lowest BCUT2D eigenvalue weighted by Crippen LogP contribution is -2.03. The van der Waals surface area contributed by atoms with Gasteiger partial charge in [-0.15, -0.1) is 0 Å². The molecule has 0 aliphatic rings. The first-order valence-corrected chi connectivity index (χ1v) is 5.59. The Morgan fingerprint density at radius 3 is 2.57 bits per heavy atom. The highest BCUT2D eigenvalue weighted by Crippen LogP contribution is 2.19. The van der Waals surface area contributed by atoms with Crippen molar-refractivity contribution in [3.8, 4) is 0 Å². The molecule has 0 aliphatic carbocycles. The quantitative estimate of drug-likeness (QED) is 0.746. The van der Waals surface area contributed by atoms with Crippen LogP contribution in [0.25, 0.3) is 0 Å². The van der Waals surface area contributed by atoms with Crippen LogP contribution in [0.5, 0.6) is 0 Å². The first-order chi connectivity index (χ1) is 6.50. The van der Waals surface area contributed by atoms with Crippen molar-refractivity contribution in [3.63, 3.8) is 0 Å². The number of halogens is 1. The van der Waals surface area contributed by atoms with Crippen LogP contribution >= 0.6 is 15.9 Å². The van der Waals surface area contributed by atoms with E-state index < -0.39 is 0 Å². The van der Waals surface area contributed by atoms with Crippen molar-refractivity contribution >= 4 is 21.7 Å². The maximum atomic E-state index is 11.7. The molecule has 1 nitrogen and oxygen atoms in total. The summed E-state index contributed by atoms with van der Waals surface area (Å²) in [5.74, 6) is 0.642. The van der Waals surface area contributed by atoms with Gasteiger partial charge >= 0.3 is 0 Å². The summed E-state index contributed by atoms with van der Waals surface area (Å²) in [7, 11) is 0. The summed E-state index contributed by atoms with van der Waals surface area (Å²) in [4.78, 5) is 11.7. The molecule has 0 fully saturated rings. The summed E-state index contributed by atoms with van der Waals surface area (Å²) in [6.07, 6.45) is 0.621. The highest BCUT2D eigenvalue weighted by atomic mass is 79.9. The number of benzene rings is 1. The summed E-state index contributed by atoms with van der Waals surface area (Å²) >= 11 is 3.43. The van der Waals surface area contributed by atoms with E-state index in [9.17, 15) is 4.79 Å². The van der Waals surface area contributed by atoms with Gasteiger partial charge in [0.2, 0.25) is 0 Å². The van der Waals surface area contributed by atoms with E-state index in [0.29, 0.717) is 12.3 Å². The van der Waals surface area contributed by atoms with Crippen LogP contribution in [-0.2, 0) is 0 Å². The highest BCUT2D eigenvalue weighted by molar-refractivity contribution is 9.10. The van der Waals surface area contributed by atoms with Crippen LogP contribution in [0.15, 0.2) is 22.7 Å². The van der Waals surface area contributed by atoms with E-state index >= 15 is 0 Å². The molecular formula is C12H15BrO. The van der Waals surface area contributed by atoms with Crippen molar-refractivity contribution in [2.45, 2.75) is 27.2 Å². The van der Waals surface area contributed by atoms with Gasteiger partial charge in [0, 0.05) is 16.5 Å². The Morgan fingerprint density at radius 1 is 1.43 bits per heavy atom. The minimum Gasteiger partial charge on any atom is -0.294 e. The van der Waals surface area contributed by atoms with Crippen LogP contribution in [0, 0.1) is 12.8 Å². The minimum absolute atomic E-state index is 0.223. The Hall–Kier alpha value is -0.630. The van der Waals surface area contributed by atoms with Gasteiger partial charge in [0.05, 0.1) is 0 Å².